The van der Waals surface area contributed by atoms with Gasteiger partial charge in [-0.15, -0.1) is 0 Å². The molecular formula is C19H25NO6S. The zero-order valence-electron chi connectivity index (χ0n) is 15.9. The zero-order chi connectivity index (χ0) is 19.9. The lowest BCUT2D eigenvalue weighted by Gasteiger charge is -2.13. The lowest BCUT2D eigenvalue weighted by atomic mass is 10.2. The van der Waals surface area contributed by atoms with Crippen LogP contribution in [-0.2, 0) is 16.6 Å². The summed E-state index contributed by atoms with van der Waals surface area (Å²) >= 11 is 0. The first kappa shape index (κ1) is 20.9. The van der Waals surface area contributed by atoms with Crippen LogP contribution in [0.4, 0.5) is 0 Å². The molecule has 0 aliphatic carbocycles. The van der Waals surface area contributed by atoms with Crippen LogP contribution in [-0.4, -0.2) is 35.9 Å². The van der Waals surface area contributed by atoms with E-state index in [2.05, 4.69) is 4.72 Å². The maximum atomic E-state index is 12.6. The summed E-state index contributed by atoms with van der Waals surface area (Å²) in [5.74, 6) is 2.03. The fourth-order valence-corrected chi connectivity index (χ4v) is 3.48. The predicted molar refractivity (Wildman–Crippen MR) is 102 cm³/mol. The Labute approximate surface area is 160 Å². The first-order valence-corrected chi connectivity index (χ1v) is 10.0. The summed E-state index contributed by atoms with van der Waals surface area (Å²) in [5, 5.41) is 0. The Kier molecular flexibility index (Phi) is 7.32. The van der Waals surface area contributed by atoms with Gasteiger partial charge in [-0.1, -0.05) is 6.07 Å². The molecule has 0 fully saturated rings. The van der Waals surface area contributed by atoms with E-state index in [0.29, 0.717) is 36.2 Å². The molecule has 8 heteroatoms. The molecule has 0 saturated carbocycles. The Morgan fingerprint density at radius 1 is 0.815 bits per heavy atom. The molecule has 0 unspecified atom stereocenters. The first-order valence-electron chi connectivity index (χ1n) is 8.55. The summed E-state index contributed by atoms with van der Waals surface area (Å²) in [6.07, 6.45) is 0. The quantitative estimate of drug-likeness (QED) is 0.666. The normalized spacial score (nSPS) is 11.1. The molecule has 27 heavy (non-hydrogen) atoms. The van der Waals surface area contributed by atoms with Gasteiger partial charge >= 0.3 is 0 Å². The highest BCUT2D eigenvalue weighted by Gasteiger charge is 2.17. The largest absolute Gasteiger partial charge is 0.493 e. The molecule has 0 saturated heterocycles. The van der Waals surface area contributed by atoms with Gasteiger partial charge in [-0.3, -0.25) is 0 Å². The molecule has 0 bridgehead atoms. The van der Waals surface area contributed by atoms with Gasteiger partial charge in [0, 0.05) is 12.6 Å². The maximum absolute atomic E-state index is 12.6. The fourth-order valence-electron chi connectivity index (χ4n) is 2.45. The van der Waals surface area contributed by atoms with Gasteiger partial charge in [0.2, 0.25) is 10.0 Å². The smallest absolute Gasteiger partial charge is 0.241 e. The number of hydrogen-bond donors (Lipinski definition) is 1. The number of rotatable bonds is 10. The summed E-state index contributed by atoms with van der Waals surface area (Å²) in [5.41, 5.74) is 0.756. The van der Waals surface area contributed by atoms with Crippen LogP contribution in [0, 0.1) is 0 Å². The Hall–Kier alpha value is -2.45. The number of methoxy groups -OCH3 is 2. The van der Waals surface area contributed by atoms with Crippen molar-refractivity contribution in [3.05, 3.63) is 42.0 Å². The topological polar surface area (TPSA) is 83.1 Å². The minimum atomic E-state index is -3.72. The first-order chi connectivity index (χ1) is 12.9. The van der Waals surface area contributed by atoms with Crippen molar-refractivity contribution in [3.8, 4) is 23.0 Å². The Morgan fingerprint density at radius 3 is 2.07 bits per heavy atom. The van der Waals surface area contributed by atoms with Crippen LogP contribution >= 0.6 is 0 Å². The molecule has 0 heterocycles. The highest BCUT2D eigenvalue weighted by Crippen LogP contribution is 2.30. The van der Waals surface area contributed by atoms with Crippen molar-refractivity contribution in [2.75, 3.05) is 27.4 Å². The molecule has 2 aromatic rings. The monoisotopic (exact) mass is 395 g/mol. The van der Waals surface area contributed by atoms with Crippen LogP contribution in [0.2, 0.25) is 0 Å². The van der Waals surface area contributed by atoms with E-state index in [4.69, 9.17) is 18.9 Å². The molecule has 7 nitrogen and oxygen atoms in total. The molecule has 148 valence electrons. The predicted octanol–water partition coefficient (Wildman–Crippen LogP) is 2.98. The second-order valence-corrected chi connectivity index (χ2v) is 7.26. The molecule has 0 amide bonds. The van der Waals surface area contributed by atoms with Crippen LogP contribution < -0.4 is 23.7 Å². The standard InChI is InChI=1S/C19H25NO6S/c1-5-25-17-9-7-14(11-19(17)26-6-2)13-20-27(21,22)15-8-10-16(23-3)18(12-15)24-4/h7-12,20H,5-6,13H2,1-4H3. The maximum Gasteiger partial charge on any atom is 0.241 e. The average Bonchev–Trinajstić information content (AvgIpc) is 2.68. The van der Waals surface area contributed by atoms with Gasteiger partial charge in [-0.2, -0.15) is 0 Å². The average molecular weight is 395 g/mol. The Morgan fingerprint density at radius 2 is 1.44 bits per heavy atom. The van der Waals surface area contributed by atoms with E-state index in [0.717, 1.165) is 5.56 Å². The molecule has 2 rings (SSSR count). The van der Waals surface area contributed by atoms with Crippen LogP contribution in [0.15, 0.2) is 41.3 Å². The molecule has 0 aliphatic rings. The van der Waals surface area contributed by atoms with E-state index < -0.39 is 10.0 Å². The van der Waals surface area contributed by atoms with Crippen molar-refractivity contribution in [1.29, 1.82) is 0 Å². The van der Waals surface area contributed by atoms with Crippen molar-refractivity contribution in [2.24, 2.45) is 0 Å². The summed E-state index contributed by atoms with van der Waals surface area (Å²) in [4.78, 5) is 0.0936. The molecule has 0 atom stereocenters. The summed E-state index contributed by atoms with van der Waals surface area (Å²) in [7, 11) is -0.772. The summed E-state index contributed by atoms with van der Waals surface area (Å²) in [6, 6.07) is 9.78. The van der Waals surface area contributed by atoms with Gasteiger partial charge in [0.1, 0.15) is 0 Å². The van der Waals surface area contributed by atoms with E-state index in [9.17, 15) is 8.42 Å². The van der Waals surface area contributed by atoms with Gasteiger partial charge in [-0.05, 0) is 43.7 Å². The molecule has 0 aliphatic heterocycles. The van der Waals surface area contributed by atoms with E-state index in [1.165, 1.54) is 26.4 Å². The third-order valence-corrected chi connectivity index (χ3v) is 5.14. The Bertz CT molecular complexity index is 866. The van der Waals surface area contributed by atoms with E-state index >= 15 is 0 Å². The van der Waals surface area contributed by atoms with Crippen molar-refractivity contribution in [3.63, 3.8) is 0 Å². The molecule has 0 aromatic heterocycles. The lowest BCUT2D eigenvalue weighted by Crippen LogP contribution is -2.23. The number of hydrogen-bond acceptors (Lipinski definition) is 6. The molecular weight excluding hydrogens is 370 g/mol. The minimum absolute atomic E-state index is 0.0936. The van der Waals surface area contributed by atoms with Crippen molar-refractivity contribution >= 4 is 10.0 Å². The molecule has 2 aromatic carbocycles. The van der Waals surface area contributed by atoms with E-state index in [-0.39, 0.29) is 11.4 Å². The van der Waals surface area contributed by atoms with Crippen molar-refractivity contribution < 1.29 is 27.4 Å². The minimum Gasteiger partial charge on any atom is -0.493 e. The van der Waals surface area contributed by atoms with Gasteiger partial charge in [0.15, 0.2) is 23.0 Å². The SMILES string of the molecule is CCOc1ccc(CNS(=O)(=O)c2ccc(OC)c(OC)c2)cc1OCC. The zero-order valence-corrected chi connectivity index (χ0v) is 16.8. The number of ether oxygens (including phenoxy) is 4. The van der Waals surface area contributed by atoms with Gasteiger partial charge in [0.25, 0.3) is 0 Å². The van der Waals surface area contributed by atoms with Gasteiger partial charge in [-0.25, -0.2) is 13.1 Å². The number of benzene rings is 2. The molecule has 1 N–H and O–H groups in total. The van der Waals surface area contributed by atoms with Crippen LogP contribution in [0.3, 0.4) is 0 Å². The number of sulfonamides is 1. The highest BCUT2D eigenvalue weighted by atomic mass is 32.2. The third kappa shape index (κ3) is 5.27. The second kappa shape index (κ2) is 9.48. The van der Waals surface area contributed by atoms with Crippen molar-refractivity contribution in [1.82, 2.24) is 4.72 Å². The van der Waals surface area contributed by atoms with Crippen LogP contribution in [0.1, 0.15) is 19.4 Å². The van der Waals surface area contributed by atoms with Gasteiger partial charge < -0.3 is 18.9 Å². The van der Waals surface area contributed by atoms with Crippen molar-refractivity contribution in [2.45, 2.75) is 25.3 Å². The van der Waals surface area contributed by atoms with Gasteiger partial charge in [0.05, 0.1) is 32.3 Å². The summed E-state index contributed by atoms with van der Waals surface area (Å²) < 4.78 is 49.1. The highest BCUT2D eigenvalue weighted by molar-refractivity contribution is 7.89. The Balaban J connectivity index is 2.18. The number of nitrogens with one attached hydrogen (secondary N) is 1. The second-order valence-electron chi connectivity index (χ2n) is 5.49. The van der Waals surface area contributed by atoms with Crippen LogP contribution in [0.25, 0.3) is 0 Å². The lowest BCUT2D eigenvalue weighted by molar-refractivity contribution is 0.287. The fraction of sp³-hybridized carbons (Fsp3) is 0.368. The molecule has 0 radical (unpaired) electrons. The van der Waals surface area contributed by atoms with E-state index in [1.807, 2.05) is 13.8 Å². The third-order valence-electron chi connectivity index (χ3n) is 3.74. The van der Waals surface area contributed by atoms with E-state index in [1.54, 1.807) is 24.3 Å². The summed E-state index contributed by atoms with van der Waals surface area (Å²) in [6.45, 7) is 4.89. The van der Waals surface area contributed by atoms with Crippen LogP contribution in [0.5, 0.6) is 23.0 Å². The molecule has 0 spiro atoms.